The van der Waals surface area contributed by atoms with Gasteiger partial charge in [-0.2, -0.15) is 0 Å². The third kappa shape index (κ3) is 2.43. The van der Waals surface area contributed by atoms with Gasteiger partial charge < -0.3 is 4.74 Å². The molecule has 1 heterocycles. The van der Waals surface area contributed by atoms with Crippen molar-refractivity contribution in [2.75, 3.05) is 0 Å². The number of rotatable bonds is 3. The van der Waals surface area contributed by atoms with Crippen LogP contribution in [0.4, 0.5) is 0 Å². The van der Waals surface area contributed by atoms with Gasteiger partial charge in [-0.1, -0.05) is 60.2 Å². The predicted octanol–water partition coefficient (Wildman–Crippen LogP) is 3.91. The molecule has 3 nitrogen and oxygen atoms in total. The number of aliphatic imine (C=N–C) groups is 1. The van der Waals surface area contributed by atoms with E-state index in [1.165, 1.54) is 5.56 Å². The van der Waals surface area contributed by atoms with Crippen molar-refractivity contribution in [1.29, 1.82) is 0 Å². The topological polar surface area (TPSA) is 38.7 Å². The zero-order valence-electron chi connectivity index (χ0n) is 13.0. The van der Waals surface area contributed by atoms with Crippen molar-refractivity contribution in [2.45, 2.75) is 32.4 Å². The van der Waals surface area contributed by atoms with Crippen LogP contribution in [0.1, 0.15) is 35.3 Å². The summed E-state index contributed by atoms with van der Waals surface area (Å²) in [5.41, 5.74) is 2.13. The van der Waals surface area contributed by atoms with Crippen LogP contribution in [0.3, 0.4) is 0 Å². The average Bonchev–Trinajstić information content (AvgIpc) is 2.84. The Morgan fingerprint density at radius 2 is 1.68 bits per heavy atom. The zero-order chi connectivity index (χ0) is 15.7. The maximum atomic E-state index is 12.9. The molecule has 2 atom stereocenters. The van der Waals surface area contributed by atoms with Crippen LogP contribution >= 0.6 is 0 Å². The number of hydrogen-bond donors (Lipinski definition) is 0. The summed E-state index contributed by atoms with van der Waals surface area (Å²) in [4.78, 5) is 17.5. The Bertz CT molecular complexity index is 719. The standard InChI is InChI=1S/C19H19NO2/c1-13-9-11-16(12-10-13)19(3)18(22-14(2)20-19)17(21)15-7-5-4-6-8-15/h4-12,18H,1-3H3/t18-,19-/m0/s1. The van der Waals surface area contributed by atoms with E-state index in [2.05, 4.69) is 4.99 Å². The number of benzene rings is 2. The van der Waals surface area contributed by atoms with Crippen molar-refractivity contribution >= 4 is 11.7 Å². The van der Waals surface area contributed by atoms with Gasteiger partial charge in [-0.05, 0) is 19.4 Å². The van der Waals surface area contributed by atoms with E-state index in [4.69, 9.17) is 4.74 Å². The molecule has 0 fully saturated rings. The summed E-state index contributed by atoms with van der Waals surface area (Å²) in [6.07, 6.45) is -0.627. The van der Waals surface area contributed by atoms with E-state index in [0.29, 0.717) is 11.5 Å². The van der Waals surface area contributed by atoms with Gasteiger partial charge in [0, 0.05) is 12.5 Å². The fraction of sp³-hybridized carbons (Fsp3) is 0.263. The molecule has 0 bridgehead atoms. The van der Waals surface area contributed by atoms with Crippen LogP contribution in [0.5, 0.6) is 0 Å². The first-order valence-electron chi connectivity index (χ1n) is 7.40. The Labute approximate surface area is 130 Å². The molecule has 0 spiro atoms. The summed E-state index contributed by atoms with van der Waals surface area (Å²) in [6, 6.07) is 17.4. The Morgan fingerprint density at radius 1 is 1.05 bits per heavy atom. The van der Waals surface area contributed by atoms with Gasteiger partial charge in [-0.25, -0.2) is 4.99 Å². The SMILES string of the molecule is CC1=N[C@@](C)(c2ccc(C)cc2)[C@H](C(=O)c2ccccc2)O1. The lowest BCUT2D eigenvalue weighted by molar-refractivity contribution is 0.0692. The van der Waals surface area contributed by atoms with E-state index in [1.54, 1.807) is 6.92 Å². The molecule has 0 unspecified atom stereocenters. The summed E-state index contributed by atoms with van der Waals surface area (Å²) in [5.74, 6) is 0.515. The van der Waals surface area contributed by atoms with Gasteiger partial charge >= 0.3 is 0 Å². The van der Waals surface area contributed by atoms with E-state index >= 15 is 0 Å². The number of nitrogens with zero attached hydrogens (tertiary/aromatic N) is 1. The monoisotopic (exact) mass is 293 g/mol. The highest BCUT2D eigenvalue weighted by Crippen LogP contribution is 2.37. The zero-order valence-corrected chi connectivity index (χ0v) is 13.0. The van der Waals surface area contributed by atoms with Gasteiger partial charge in [-0.3, -0.25) is 4.79 Å². The van der Waals surface area contributed by atoms with E-state index in [1.807, 2.05) is 68.4 Å². The Balaban J connectivity index is 2.01. The Morgan fingerprint density at radius 3 is 2.32 bits per heavy atom. The molecule has 3 heteroatoms. The average molecular weight is 293 g/mol. The van der Waals surface area contributed by atoms with Crippen molar-refractivity contribution in [3.63, 3.8) is 0 Å². The molecule has 1 aliphatic rings. The van der Waals surface area contributed by atoms with Crippen LogP contribution in [0.2, 0.25) is 0 Å². The third-order valence-electron chi connectivity index (χ3n) is 4.12. The predicted molar refractivity (Wildman–Crippen MR) is 87.3 cm³/mol. The fourth-order valence-corrected chi connectivity index (χ4v) is 2.87. The van der Waals surface area contributed by atoms with Crippen LogP contribution in [0, 0.1) is 6.92 Å². The first kappa shape index (κ1) is 14.5. The van der Waals surface area contributed by atoms with Crippen LogP contribution in [-0.4, -0.2) is 17.8 Å². The highest BCUT2D eigenvalue weighted by atomic mass is 16.5. The van der Waals surface area contributed by atoms with Crippen molar-refractivity contribution in [1.82, 2.24) is 0 Å². The van der Waals surface area contributed by atoms with Crippen LogP contribution in [0.25, 0.3) is 0 Å². The van der Waals surface area contributed by atoms with Gasteiger partial charge in [0.15, 0.2) is 12.0 Å². The number of aryl methyl sites for hydroxylation is 1. The van der Waals surface area contributed by atoms with Gasteiger partial charge in [0.25, 0.3) is 0 Å². The highest BCUT2D eigenvalue weighted by Gasteiger charge is 2.47. The van der Waals surface area contributed by atoms with E-state index in [9.17, 15) is 4.79 Å². The molecule has 0 saturated carbocycles. The number of carbonyl (C=O) groups is 1. The maximum Gasteiger partial charge on any atom is 0.206 e. The number of carbonyl (C=O) groups excluding carboxylic acids is 1. The third-order valence-corrected chi connectivity index (χ3v) is 4.12. The lowest BCUT2D eigenvalue weighted by Gasteiger charge is -2.27. The van der Waals surface area contributed by atoms with Crippen molar-refractivity contribution in [2.24, 2.45) is 4.99 Å². The number of Topliss-reactive ketones (excluding diaryl/α,β-unsaturated/α-hetero) is 1. The number of hydrogen-bond acceptors (Lipinski definition) is 3. The second-order valence-corrected chi connectivity index (χ2v) is 5.87. The molecule has 112 valence electrons. The van der Waals surface area contributed by atoms with Crippen LogP contribution < -0.4 is 0 Å². The van der Waals surface area contributed by atoms with Gasteiger partial charge in [0.2, 0.25) is 5.78 Å². The lowest BCUT2D eigenvalue weighted by Crippen LogP contribution is -2.39. The molecule has 0 aromatic heterocycles. The normalized spacial score (nSPS) is 23.8. The molecule has 22 heavy (non-hydrogen) atoms. The summed E-state index contributed by atoms with van der Waals surface area (Å²) < 4.78 is 5.78. The van der Waals surface area contributed by atoms with Crippen LogP contribution in [0.15, 0.2) is 59.6 Å². The minimum absolute atomic E-state index is 0.0377. The van der Waals surface area contributed by atoms with Crippen molar-refractivity contribution in [3.8, 4) is 0 Å². The van der Waals surface area contributed by atoms with Gasteiger partial charge in [0.05, 0.1) is 0 Å². The van der Waals surface area contributed by atoms with Crippen LogP contribution in [-0.2, 0) is 10.3 Å². The molecule has 2 aromatic carbocycles. The van der Waals surface area contributed by atoms with Crippen molar-refractivity contribution < 1.29 is 9.53 Å². The summed E-state index contributed by atoms with van der Waals surface area (Å²) >= 11 is 0. The smallest absolute Gasteiger partial charge is 0.206 e. The molecule has 0 saturated heterocycles. The highest BCUT2D eigenvalue weighted by molar-refractivity contribution is 6.02. The van der Waals surface area contributed by atoms with E-state index in [-0.39, 0.29) is 5.78 Å². The fourth-order valence-electron chi connectivity index (χ4n) is 2.87. The quantitative estimate of drug-likeness (QED) is 0.805. The Kier molecular flexibility index (Phi) is 3.57. The van der Waals surface area contributed by atoms with Crippen molar-refractivity contribution in [3.05, 3.63) is 71.3 Å². The Hall–Kier alpha value is -2.42. The summed E-state index contributed by atoms with van der Waals surface area (Å²) in [7, 11) is 0. The first-order valence-corrected chi connectivity index (χ1v) is 7.40. The second kappa shape index (κ2) is 5.41. The molecule has 0 amide bonds. The molecule has 2 aromatic rings. The molecular formula is C19H19NO2. The van der Waals surface area contributed by atoms with Gasteiger partial charge in [0.1, 0.15) is 5.54 Å². The number of ketones is 1. The summed E-state index contributed by atoms with van der Waals surface area (Å²) in [5, 5.41) is 0. The first-order chi connectivity index (χ1) is 10.5. The second-order valence-electron chi connectivity index (χ2n) is 5.87. The molecule has 1 aliphatic heterocycles. The van der Waals surface area contributed by atoms with Gasteiger partial charge in [-0.15, -0.1) is 0 Å². The maximum absolute atomic E-state index is 12.9. The minimum atomic E-state index is -0.690. The lowest BCUT2D eigenvalue weighted by atomic mass is 9.83. The molecule has 0 radical (unpaired) electrons. The molecule has 0 N–H and O–H groups in total. The summed E-state index contributed by atoms with van der Waals surface area (Å²) in [6.45, 7) is 5.79. The number of ether oxygens (including phenoxy) is 1. The largest absolute Gasteiger partial charge is 0.467 e. The van der Waals surface area contributed by atoms with E-state index in [0.717, 1.165) is 5.56 Å². The van der Waals surface area contributed by atoms with E-state index < -0.39 is 11.6 Å². The molecule has 3 rings (SSSR count). The minimum Gasteiger partial charge on any atom is -0.467 e. The molecule has 0 aliphatic carbocycles. The molecular weight excluding hydrogens is 274 g/mol.